The van der Waals surface area contributed by atoms with Crippen molar-refractivity contribution in [1.29, 1.82) is 0 Å². The van der Waals surface area contributed by atoms with Crippen LogP contribution in [0.25, 0.3) is 0 Å². The molecule has 0 spiro atoms. The lowest BCUT2D eigenvalue weighted by molar-refractivity contribution is -0.384. The molecule has 2 aromatic rings. The van der Waals surface area contributed by atoms with Crippen molar-refractivity contribution in [3.05, 3.63) is 70.3 Å². The Kier molecular flexibility index (Phi) is 6.38. The fourth-order valence-electron chi connectivity index (χ4n) is 3.18. The van der Waals surface area contributed by atoms with Gasteiger partial charge in [0.1, 0.15) is 0 Å². The predicted octanol–water partition coefficient (Wildman–Crippen LogP) is 3.11. The molecule has 0 bridgehead atoms. The van der Waals surface area contributed by atoms with Crippen LogP contribution in [-0.2, 0) is 16.6 Å². The van der Waals surface area contributed by atoms with Crippen LogP contribution in [0.5, 0.6) is 0 Å². The van der Waals surface area contributed by atoms with E-state index in [2.05, 4.69) is 5.32 Å². The number of nitrogens with zero attached hydrogens (tertiary/aromatic N) is 2. The van der Waals surface area contributed by atoms with Crippen molar-refractivity contribution < 1.29 is 13.3 Å². The second-order valence-corrected chi connectivity index (χ2v) is 9.01. The maximum atomic E-state index is 12.8. The molecule has 1 aliphatic rings. The highest BCUT2D eigenvalue weighted by molar-refractivity contribution is 7.89. The highest BCUT2D eigenvalue weighted by Crippen LogP contribution is 2.25. The van der Waals surface area contributed by atoms with Gasteiger partial charge >= 0.3 is 0 Å². The molecule has 0 aliphatic carbocycles. The number of hydrogen-bond donors (Lipinski definition) is 1. The standard InChI is InChI=1S/C19H21N3O4S2/c23-22(24)17-6-8-18(9-7-17)28(25,26)21-12-10-16(11-13-21)19(27)20-14-15-4-2-1-3-5-15/h1-9,16H,10-14H2,(H,20,27). The summed E-state index contributed by atoms with van der Waals surface area (Å²) in [5.41, 5.74) is 1.01. The van der Waals surface area contributed by atoms with Crippen LogP contribution < -0.4 is 5.32 Å². The number of non-ortho nitro benzene ring substituents is 1. The van der Waals surface area contributed by atoms with Crippen LogP contribution in [0.2, 0.25) is 0 Å². The maximum Gasteiger partial charge on any atom is 0.269 e. The van der Waals surface area contributed by atoms with Gasteiger partial charge in [0, 0.05) is 37.7 Å². The quantitative estimate of drug-likeness (QED) is 0.439. The number of thiocarbonyl (C=S) groups is 1. The molecule has 1 fully saturated rings. The van der Waals surface area contributed by atoms with Crippen LogP contribution >= 0.6 is 12.2 Å². The van der Waals surface area contributed by atoms with E-state index in [9.17, 15) is 18.5 Å². The molecular weight excluding hydrogens is 398 g/mol. The van der Waals surface area contributed by atoms with Gasteiger partial charge in [-0.05, 0) is 30.5 Å². The van der Waals surface area contributed by atoms with Crippen molar-refractivity contribution in [2.45, 2.75) is 24.3 Å². The monoisotopic (exact) mass is 419 g/mol. The number of sulfonamides is 1. The first-order valence-corrected chi connectivity index (χ1v) is 10.8. The summed E-state index contributed by atoms with van der Waals surface area (Å²) in [6, 6.07) is 14.9. The van der Waals surface area contributed by atoms with E-state index in [1.165, 1.54) is 28.6 Å². The molecular formula is C19H21N3O4S2. The number of benzene rings is 2. The minimum atomic E-state index is -3.66. The van der Waals surface area contributed by atoms with Crippen molar-refractivity contribution in [3.8, 4) is 0 Å². The molecule has 0 aromatic heterocycles. The van der Waals surface area contributed by atoms with Gasteiger partial charge in [0.25, 0.3) is 5.69 Å². The van der Waals surface area contributed by atoms with Crippen molar-refractivity contribution in [2.24, 2.45) is 5.92 Å². The zero-order chi connectivity index (χ0) is 20.1. The van der Waals surface area contributed by atoms with E-state index in [1.54, 1.807) is 0 Å². The van der Waals surface area contributed by atoms with Gasteiger partial charge in [0.05, 0.1) is 14.8 Å². The number of nitrogens with one attached hydrogen (secondary N) is 1. The molecule has 1 N–H and O–H groups in total. The summed E-state index contributed by atoms with van der Waals surface area (Å²) in [5, 5.41) is 14.0. The minimum absolute atomic E-state index is 0.0707. The van der Waals surface area contributed by atoms with E-state index in [0.717, 1.165) is 10.6 Å². The van der Waals surface area contributed by atoms with Crippen molar-refractivity contribution in [1.82, 2.24) is 9.62 Å². The summed E-state index contributed by atoms with van der Waals surface area (Å²) < 4.78 is 26.9. The number of rotatable bonds is 6. The molecule has 0 radical (unpaired) electrons. The second-order valence-electron chi connectivity index (χ2n) is 6.63. The van der Waals surface area contributed by atoms with E-state index in [1.807, 2.05) is 30.3 Å². The lowest BCUT2D eigenvalue weighted by Crippen LogP contribution is -2.42. The molecule has 0 unspecified atom stereocenters. The lowest BCUT2D eigenvalue weighted by Gasteiger charge is -2.31. The first-order chi connectivity index (χ1) is 13.4. The molecule has 0 atom stereocenters. The topological polar surface area (TPSA) is 92.5 Å². The Morgan fingerprint density at radius 3 is 2.29 bits per heavy atom. The molecule has 1 saturated heterocycles. The molecule has 0 saturated carbocycles. The Bertz CT molecular complexity index is 939. The molecule has 1 aliphatic heterocycles. The third-order valence-electron chi connectivity index (χ3n) is 4.82. The molecule has 148 valence electrons. The number of nitro benzene ring substituents is 1. The van der Waals surface area contributed by atoms with E-state index in [-0.39, 0.29) is 16.5 Å². The van der Waals surface area contributed by atoms with E-state index in [0.29, 0.717) is 32.5 Å². The third kappa shape index (κ3) is 4.73. The van der Waals surface area contributed by atoms with Crippen LogP contribution in [0.1, 0.15) is 18.4 Å². The largest absolute Gasteiger partial charge is 0.375 e. The van der Waals surface area contributed by atoms with Crippen LogP contribution in [0, 0.1) is 16.0 Å². The van der Waals surface area contributed by atoms with Gasteiger partial charge in [-0.15, -0.1) is 0 Å². The number of hydrogen-bond acceptors (Lipinski definition) is 5. The zero-order valence-electron chi connectivity index (χ0n) is 15.2. The Morgan fingerprint density at radius 1 is 1.11 bits per heavy atom. The summed E-state index contributed by atoms with van der Waals surface area (Å²) in [6.45, 7) is 1.40. The SMILES string of the molecule is O=[N+]([O-])c1ccc(S(=O)(=O)N2CCC(C(=S)NCc3ccccc3)CC2)cc1. The summed E-state index contributed by atoms with van der Waals surface area (Å²) in [6.07, 6.45) is 1.29. The molecule has 0 amide bonds. The molecule has 1 heterocycles. The Labute approximate surface area is 169 Å². The fourth-order valence-corrected chi connectivity index (χ4v) is 4.95. The number of piperidine rings is 1. The highest BCUT2D eigenvalue weighted by Gasteiger charge is 2.31. The van der Waals surface area contributed by atoms with E-state index in [4.69, 9.17) is 12.2 Å². The van der Waals surface area contributed by atoms with Crippen LogP contribution in [-0.4, -0.2) is 35.7 Å². The normalized spacial score (nSPS) is 15.9. The van der Waals surface area contributed by atoms with Crippen molar-refractivity contribution in [3.63, 3.8) is 0 Å². The molecule has 28 heavy (non-hydrogen) atoms. The van der Waals surface area contributed by atoms with Crippen LogP contribution in [0.4, 0.5) is 5.69 Å². The average Bonchev–Trinajstić information content (AvgIpc) is 2.73. The lowest BCUT2D eigenvalue weighted by atomic mass is 9.98. The van der Waals surface area contributed by atoms with Gasteiger partial charge in [0.15, 0.2) is 0 Å². The maximum absolute atomic E-state index is 12.8. The zero-order valence-corrected chi connectivity index (χ0v) is 16.8. The second kappa shape index (κ2) is 8.76. The molecule has 3 rings (SSSR count). The van der Waals surface area contributed by atoms with Gasteiger partial charge in [-0.3, -0.25) is 10.1 Å². The summed E-state index contributed by atoms with van der Waals surface area (Å²) in [5.74, 6) is 0.141. The fraction of sp³-hybridized carbons (Fsp3) is 0.316. The molecule has 7 nitrogen and oxygen atoms in total. The predicted molar refractivity (Wildman–Crippen MR) is 110 cm³/mol. The van der Waals surface area contributed by atoms with Gasteiger partial charge in [0.2, 0.25) is 10.0 Å². The first-order valence-electron chi connectivity index (χ1n) is 8.94. The van der Waals surface area contributed by atoms with Crippen LogP contribution in [0.15, 0.2) is 59.5 Å². The third-order valence-corrected chi connectivity index (χ3v) is 7.21. The summed E-state index contributed by atoms with van der Waals surface area (Å²) >= 11 is 5.49. The van der Waals surface area contributed by atoms with Gasteiger partial charge in [-0.2, -0.15) is 4.31 Å². The highest BCUT2D eigenvalue weighted by atomic mass is 32.2. The van der Waals surface area contributed by atoms with E-state index >= 15 is 0 Å². The van der Waals surface area contributed by atoms with E-state index < -0.39 is 14.9 Å². The van der Waals surface area contributed by atoms with Gasteiger partial charge in [-0.1, -0.05) is 42.5 Å². The summed E-state index contributed by atoms with van der Waals surface area (Å²) in [7, 11) is -3.66. The minimum Gasteiger partial charge on any atom is -0.375 e. The number of nitro groups is 1. The summed E-state index contributed by atoms with van der Waals surface area (Å²) in [4.78, 5) is 11.0. The smallest absolute Gasteiger partial charge is 0.269 e. The average molecular weight is 420 g/mol. The van der Waals surface area contributed by atoms with Gasteiger partial charge < -0.3 is 5.32 Å². The molecule has 2 aromatic carbocycles. The Balaban J connectivity index is 1.56. The van der Waals surface area contributed by atoms with Crippen molar-refractivity contribution >= 4 is 32.9 Å². The Hall–Kier alpha value is -2.36. The molecule has 9 heteroatoms. The Morgan fingerprint density at radius 2 is 1.71 bits per heavy atom. The first kappa shape index (κ1) is 20.4. The van der Waals surface area contributed by atoms with Gasteiger partial charge in [-0.25, -0.2) is 8.42 Å². The van der Waals surface area contributed by atoms with Crippen molar-refractivity contribution in [2.75, 3.05) is 13.1 Å². The van der Waals surface area contributed by atoms with Crippen LogP contribution in [0.3, 0.4) is 0 Å².